The maximum atomic E-state index is 14.7. The topological polar surface area (TPSA) is 343 Å². The van der Waals surface area contributed by atoms with Crippen LogP contribution >= 0.6 is 0 Å². The predicted octanol–water partition coefficient (Wildman–Crippen LogP) is 1.53. The summed E-state index contributed by atoms with van der Waals surface area (Å²) in [5, 5.41) is 30.4. The Bertz CT molecular complexity index is 3560. The molecule has 0 saturated carbocycles. The molecule has 4 heterocycles. The quantitative estimate of drug-likeness (QED) is 0.0934. The van der Waals surface area contributed by atoms with Crippen LogP contribution in [-0.4, -0.2) is 146 Å². The number of alkyl halides is 3. The molecule has 1 fully saturated rings. The predicted molar refractivity (Wildman–Crippen MR) is 317 cm³/mol. The molecular formula is C62H71F3N14O10. The van der Waals surface area contributed by atoms with E-state index in [0.717, 1.165) is 33.8 Å². The molecule has 6 aromatic rings. The molecule has 2 aliphatic heterocycles. The number of rotatable bonds is 10. The van der Waals surface area contributed by atoms with Crippen molar-refractivity contribution in [2.24, 2.45) is 23.5 Å². The van der Waals surface area contributed by atoms with Crippen LogP contribution in [0, 0.1) is 17.8 Å². The van der Waals surface area contributed by atoms with Crippen molar-refractivity contribution in [1.82, 2.24) is 67.4 Å². The Balaban J connectivity index is 1.12. The smallest absolute Gasteiger partial charge is 0.368 e. The third kappa shape index (κ3) is 17.4. The van der Waals surface area contributed by atoms with Crippen molar-refractivity contribution in [3.8, 4) is 0 Å². The number of amides is 10. The number of carbonyl (C=O) groups excluding carboxylic acids is 10. The maximum Gasteiger partial charge on any atom is 0.416 e. The number of hydrogen-bond acceptors (Lipinski definition) is 12. The number of nitrogens with one attached hydrogen (secondary N) is 9. The first kappa shape index (κ1) is 65.0. The highest BCUT2D eigenvalue weighted by molar-refractivity contribution is 6.00. The van der Waals surface area contributed by atoms with Crippen LogP contribution in [0.4, 0.5) is 13.2 Å². The van der Waals surface area contributed by atoms with Gasteiger partial charge in [0.2, 0.25) is 53.2 Å². The van der Waals surface area contributed by atoms with Gasteiger partial charge in [-0.2, -0.15) is 13.2 Å². The lowest BCUT2D eigenvalue weighted by Crippen LogP contribution is -2.59. The van der Waals surface area contributed by atoms with Crippen molar-refractivity contribution < 1.29 is 61.1 Å². The first-order valence-corrected chi connectivity index (χ1v) is 29.1. The van der Waals surface area contributed by atoms with Gasteiger partial charge in [-0.15, -0.1) is 5.10 Å². The van der Waals surface area contributed by atoms with Gasteiger partial charge in [-0.1, -0.05) is 118 Å². The molecule has 4 aromatic carbocycles. The Labute approximate surface area is 509 Å². The Morgan fingerprint density at radius 2 is 1.28 bits per heavy atom. The van der Waals surface area contributed by atoms with Crippen LogP contribution in [-0.2, 0) is 81.6 Å². The zero-order chi connectivity index (χ0) is 64.1. The lowest BCUT2D eigenvalue weighted by Gasteiger charge is -2.27. The normalized spacial score (nSPS) is 22.7. The van der Waals surface area contributed by atoms with Gasteiger partial charge < -0.3 is 58.2 Å². The second-order valence-electron chi connectivity index (χ2n) is 22.9. The van der Waals surface area contributed by atoms with E-state index in [9.17, 15) is 61.1 Å². The number of para-hydroxylation sites is 1. The third-order valence-electron chi connectivity index (χ3n) is 15.5. The lowest BCUT2D eigenvalue weighted by atomic mass is 9.93. The van der Waals surface area contributed by atoms with Gasteiger partial charge >= 0.3 is 6.18 Å². The van der Waals surface area contributed by atoms with E-state index in [0.29, 0.717) is 11.1 Å². The van der Waals surface area contributed by atoms with E-state index in [4.69, 9.17) is 5.73 Å². The molecule has 8 rings (SSSR count). The number of primary amides is 1. The van der Waals surface area contributed by atoms with E-state index in [-0.39, 0.29) is 55.6 Å². The van der Waals surface area contributed by atoms with Gasteiger partial charge in [0, 0.05) is 73.7 Å². The molecule has 24 nitrogen and oxygen atoms in total. The van der Waals surface area contributed by atoms with Crippen LogP contribution < -0.4 is 48.3 Å². The largest absolute Gasteiger partial charge is 0.416 e. The van der Waals surface area contributed by atoms with Crippen molar-refractivity contribution in [1.29, 1.82) is 0 Å². The van der Waals surface area contributed by atoms with Crippen molar-refractivity contribution in [3.05, 3.63) is 155 Å². The molecule has 0 aliphatic carbocycles. The molecule has 2 aliphatic rings. The molecule has 8 atom stereocenters. The fourth-order valence-electron chi connectivity index (χ4n) is 10.7. The van der Waals surface area contributed by atoms with Gasteiger partial charge in [-0.05, 0) is 59.2 Å². The van der Waals surface area contributed by atoms with Crippen molar-refractivity contribution in [3.63, 3.8) is 0 Å². The van der Waals surface area contributed by atoms with Crippen molar-refractivity contribution in [2.45, 2.75) is 115 Å². The second-order valence-corrected chi connectivity index (χ2v) is 22.9. The van der Waals surface area contributed by atoms with Crippen LogP contribution in [0.3, 0.4) is 0 Å². The zero-order valence-corrected chi connectivity index (χ0v) is 49.3. The molecule has 27 heteroatoms. The van der Waals surface area contributed by atoms with Gasteiger partial charge in [0.15, 0.2) is 0 Å². The van der Waals surface area contributed by atoms with E-state index in [1.54, 1.807) is 88.5 Å². The summed E-state index contributed by atoms with van der Waals surface area (Å²) in [7, 11) is 0. The summed E-state index contributed by atoms with van der Waals surface area (Å²) in [4.78, 5) is 146. The maximum absolute atomic E-state index is 14.7. The van der Waals surface area contributed by atoms with Crippen molar-refractivity contribution >= 4 is 70.0 Å². The fraction of sp³-hybridized carbons (Fsp3) is 0.387. The van der Waals surface area contributed by atoms with E-state index < -0.39 is 150 Å². The van der Waals surface area contributed by atoms with E-state index in [2.05, 4.69) is 57.8 Å². The number of carbonyl (C=O) groups is 10. The number of hydrogen-bond donors (Lipinski definition) is 10. The number of benzene rings is 4. The molecule has 0 spiro atoms. The van der Waals surface area contributed by atoms with Gasteiger partial charge in [-0.3, -0.25) is 47.9 Å². The van der Waals surface area contributed by atoms with Crippen LogP contribution in [0.2, 0.25) is 0 Å². The summed E-state index contributed by atoms with van der Waals surface area (Å²) < 4.78 is 43.2. The summed E-state index contributed by atoms with van der Waals surface area (Å²) in [6, 6.07) is 18.6. The summed E-state index contributed by atoms with van der Waals surface area (Å²) in [6.07, 6.45) is -3.02. The number of likely N-dealkylation sites (tertiary alicyclic amines) is 1. The number of H-pyrrole nitrogens is 1. The highest BCUT2D eigenvalue weighted by atomic mass is 19.4. The standard InChI is InChI=1S/C62H71F3N14O10/c1-34(2)44-29-68-51(80)30-69-56(84)47(23-36-14-7-5-8-15-36)73-58(86)49(25-39-28-67-45-21-12-11-20-43(39)45)74-60(88)53(35(3)4)75-52(81)33-78-31-42(76-77-78)26-46(54(66)82)71-59(87)50-27-41(32-79(50)61(89)38-17-9-6-10-18-38)70-57(85)48(72-55(44)83)24-37-16-13-19-40(22-37)62(63,64)65/h5-22,28,31,34-35,41,44,46-50,53,67H,23-27,29-30,32-33H2,1-4H3,(H2,66,82)(H,68,80)(H,69,84)(H,70,85)(H,71,87)(H,72,83)(H,73,86)(H,74,88)(H,75,81)/t41-,44+,46?,47-,48-,49-,50-,53-/m0/s1. The van der Waals surface area contributed by atoms with Gasteiger partial charge in [-0.25, -0.2) is 4.68 Å². The molecule has 89 heavy (non-hydrogen) atoms. The number of aromatic amines is 1. The fourth-order valence-corrected chi connectivity index (χ4v) is 10.7. The van der Waals surface area contributed by atoms with Crippen LogP contribution in [0.5, 0.6) is 0 Å². The number of aromatic nitrogens is 4. The van der Waals surface area contributed by atoms with Crippen LogP contribution in [0.25, 0.3) is 10.9 Å². The first-order chi connectivity index (χ1) is 42.4. The van der Waals surface area contributed by atoms with Crippen LogP contribution in [0.1, 0.15) is 72.4 Å². The summed E-state index contributed by atoms with van der Waals surface area (Å²) >= 11 is 0. The number of fused-ring (bicyclic) bond motifs is 5. The molecule has 0 radical (unpaired) electrons. The van der Waals surface area contributed by atoms with E-state index in [1.807, 2.05) is 18.2 Å². The van der Waals surface area contributed by atoms with Gasteiger partial charge in [0.05, 0.1) is 23.7 Å². The molecule has 10 amide bonds. The molecule has 11 N–H and O–H groups in total. The summed E-state index contributed by atoms with van der Waals surface area (Å²) in [5.74, 6) is -10.2. The Kier molecular flexibility index (Phi) is 21.3. The molecule has 4 bridgehead atoms. The molecular weight excluding hydrogens is 1160 g/mol. The summed E-state index contributed by atoms with van der Waals surface area (Å²) in [6.45, 7) is 4.88. The minimum absolute atomic E-state index is 0.00932. The third-order valence-corrected chi connectivity index (χ3v) is 15.5. The monoisotopic (exact) mass is 1230 g/mol. The minimum atomic E-state index is -4.77. The van der Waals surface area contributed by atoms with Gasteiger partial charge in [0.25, 0.3) is 5.91 Å². The van der Waals surface area contributed by atoms with Crippen LogP contribution in [0.15, 0.2) is 122 Å². The Hall–Kier alpha value is -9.95. The second kappa shape index (κ2) is 29.2. The number of nitrogens with zero attached hydrogens (tertiary/aromatic N) is 4. The van der Waals surface area contributed by atoms with E-state index >= 15 is 0 Å². The zero-order valence-electron chi connectivity index (χ0n) is 49.3. The molecule has 470 valence electrons. The molecule has 1 unspecified atom stereocenters. The molecule has 2 aromatic heterocycles. The Morgan fingerprint density at radius 3 is 1.98 bits per heavy atom. The Morgan fingerprint density at radius 1 is 0.652 bits per heavy atom. The number of nitrogens with two attached hydrogens (primary N) is 1. The summed E-state index contributed by atoms with van der Waals surface area (Å²) in [5.41, 5.74) is 7.06. The van der Waals surface area contributed by atoms with Crippen molar-refractivity contribution in [2.75, 3.05) is 19.6 Å². The van der Waals surface area contributed by atoms with E-state index in [1.165, 1.54) is 29.3 Å². The lowest BCUT2D eigenvalue weighted by molar-refractivity contribution is -0.137. The average Bonchev–Trinajstić information content (AvgIpc) is 2.52. The highest BCUT2D eigenvalue weighted by Gasteiger charge is 2.43. The first-order valence-electron chi connectivity index (χ1n) is 29.1. The minimum Gasteiger partial charge on any atom is -0.368 e. The average molecular weight is 1230 g/mol. The SMILES string of the molecule is CC(C)[C@@H]1NC(=O)Cn2cc(nn2)CC(C(N)=O)NC(=O)[C@@H]2C[C@@H](CN2C(=O)c2ccccc2)NC(=O)[C@H](Cc2cccc(C(F)(F)F)c2)NC(=O)[C@@H](C(C)C)CNC(=O)CNC(=O)[C@H](Cc2ccccc2)NC(=O)[C@H](Cc2c[nH]c3ccccc23)NC1=O. The van der Waals surface area contributed by atoms with Gasteiger partial charge in [0.1, 0.15) is 42.8 Å². The number of halogens is 3. The highest BCUT2D eigenvalue weighted by Crippen LogP contribution is 2.30. The molecule has 1 saturated heterocycles.